The van der Waals surface area contributed by atoms with Crippen molar-refractivity contribution in [3.05, 3.63) is 77.4 Å². The third-order valence-corrected chi connectivity index (χ3v) is 7.55. The fourth-order valence-electron chi connectivity index (χ4n) is 4.78. The monoisotopic (exact) mass is 519 g/mol. The Balaban J connectivity index is 1.41. The first-order chi connectivity index (χ1) is 17.9. The van der Waals surface area contributed by atoms with Crippen LogP contribution < -0.4 is 4.90 Å². The highest BCUT2D eigenvalue weighted by molar-refractivity contribution is 7.76. The van der Waals surface area contributed by atoms with E-state index in [1.54, 1.807) is 5.01 Å². The molecule has 37 heavy (non-hydrogen) atoms. The highest BCUT2D eigenvalue weighted by Crippen LogP contribution is 2.22. The second kappa shape index (κ2) is 12.3. The van der Waals surface area contributed by atoms with Crippen molar-refractivity contribution < 1.29 is 18.7 Å². The SMILES string of the molecule is CCCC(C(=O)O)N(N1CCN(c2ccc(C#Cc3ccc4cccc(CC)c4c3)cc2)CC1)S(=O)O. The van der Waals surface area contributed by atoms with Crippen LogP contribution in [0.3, 0.4) is 0 Å². The van der Waals surface area contributed by atoms with Crippen molar-refractivity contribution in [1.82, 2.24) is 9.42 Å². The topological polar surface area (TPSA) is 84.3 Å². The number of fused-ring (bicyclic) bond motifs is 1. The first-order valence-corrected chi connectivity index (χ1v) is 13.7. The number of carboxylic acids is 1. The van der Waals surface area contributed by atoms with E-state index in [1.807, 2.05) is 31.2 Å². The third-order valence-electron chi connectivity index (χ3n) is 6.75. The van der Waals surface area contributed by atoms with E-state index >= 15 is 0 Å². The smallest absolute Gasteiger partial charge is 0.323 e. The highest BCUT2D eigenvalue weighted by atomic mass is 32.2. The summed E-state index contributed by atoms with van der Waals surface area (Å²) in [4.78, 5) is 13.9. The molecule has 8 heteroatoms. The van der Waals surface area contributed by atoms with Crippen molar-refractivity contribution in [1.29, 1.82) is 0 Å². The number of carbonyl (C=O) groups is 1. The van der Waals surface area contributed by atoms with Crippen LogP contribution in [-0.2, 0) is 22.5 Å². The Morgan fingerprint density at radius 2 is 1.68 bits per heavy atom. The summed E-state index contributed by atoms with van der Waals surface area (Å²) in [5, 5.41) is 13.7. The Morgan fingerprint density at radius 1 is 1.00 bits per heavy atom. The van der Waals surface area contributed by atoms with Gasteiger partial charge in [-0.05, 0) is 65.6 Å². The van der Waals surface area contributed by atoms with Gasteiger partial charge in [0, 0.05) is 43.0 Å². The number of hydrogen-bond donors (Lipinski definition) is 2. The molecule has 0 spiro atoms. The van der Waals surface area contributed by atoms with Crippen LogP contribution in [0.4, 0.5) is 5.69 Å². The Labute approximate surface area is 221 Å². The summed E-state index contributed by atoms with van der Waals surface area (Å²) in [7, 11) is 0. The minimum Gasteiger partial charge on any atom is -0.480 e. The molecule has 7 nitrogen and oxygen atoms in total. The molecule has 1 saturated heterocycles. The van der Waals surface area contributed by atoms with Crippen molar-refractivity contribution in [2.75, 3.05) is 31.1 Å². The van der Waals surface area contributed by atoms with Crippen molar-refractivity contribution in [3.63, 3.8) is 0 Å². The molecule has 2 N–H and O–H groups in total. The van der Waals surface area contributed by atoms with Gasteiger partial charge in [0.05, 0.1) is 0 Å². The van der Waals surface area contributed by atoms with Crippen LogP contribution in [0.1, 0.15) is 43.4 Å². The molecule has 1 heterocycles. The van der Waals surface area contributed by atoms with Crippen LogP contribution in [0.25, 0.3) is 10.8 Å². The van der Waals surface area contributed by atoms with E-state index in [9.17, 15) is 18.7 Å². The summed E-state index contributed by atoms with van der Waals surface area (Å²) >= 11 is -2.40. The average molecular weight is 520 g/mol. The van der Waals surface area contributed by atoms with Gasteiger partial charge in [0.2, 0.25) is 11.3 Å². The number of rotatable bonds is 8. The van der Waals surface area contributed by atoms with E-state index < -0.39 is 23.3 Å². The quantitative estimate of drug-likeness (QED) is 0.336. The molecule has 1 fully saturated rings. The molecule has 0 bridgehead atoms. The van der Waals surface area contributed by atoms with Crippen LogP contribution in [0, 0.1) is 11.8 Å². The molecule has 0 saturated carbocycles. The molecule has 0 radical (unpaired) electrons. The minimum absolute atomic E-state index is 0.309. The third kappa shape index (κ3) is 6.38. The zero-order valence-electron chi connectivity index (χ0n) is 21.3. The lowest BCUT2D eigenvalue weighted by atomic mass is 10.0. The van der Waals surface area contributed by atoms with Crippen LogP contribution in [0.15, 0.2) is 60.7 Å². The second-order valence-electron chi connectivity index (χ2n) is 9.12. The summed E-state index contributed by atoms with van der Waals surface area (Å²) in [5.74, 6) is 5.46. The van der Waals surface area contributed by atoms with Crippen molar-refractivity contribution in [2.45, 2.75) is 39.2 Å². The lowest BCUT2D eigenvalue weighted by Crippen LogP contribution is -2.58. The van der Waals surface area contributed by atoms with E-state index in [0.29, 0.717) is 39.0 Å². The molecule has 3 aromatic carbocycles. The predicted octanol–water partition coefficient (Wildman–Crippen LogP) is 4.53. The van der Waals surface area contributed by atoms with Gasteiger partial charge in [-0.25, -0.2) is 9.22 Å². The number of piperazine rings is 1. The summed E-state index contributed by atoms with van der Waals surface area (Å²) in [6.45, 7) is 6.19. The molecule has 1 aliphatic rings. The molecule has 0 amide bonds. The molecule has 0 aliphatic carbocycles. The zero-order chi connectivity index (χ0) is 26.4. The van der Waals surface area contributed by atoms with Crippen molar-refractivity contribution in [3.8, 4) is 11.8 Å². The molecular weight excluding hydrogens is 486 g/mol. The molecule has 4 rings (SSSR count). The van der Waals surface area contributed by atoms with E-state index in [-0.39, 0.29) is 0 Å². The Morgan fingerprint density at radius 3 is 2.30 bits per heavy atom. The number of aryl methyl sites for hydroxylation is 1. The van der Waals surface area contributed by atoms with E-state index in [4.69, 9.17) is 0 Å². The summed E-state index contributed by atoms with van der Waals surface area (Å²) in [6.07, 6.45) is 1.91. The molecule has 1 aliphatic heterocycles. The van der Waals surface area contributed by atoms with Gasteiger partial charge in [0.1, 0.15) is 6.04 Å². The molecule has 2 atom stereocenters. The molecular formula is C29H33N3O4S. The van der Waals surface area contributed by atoms with Gasteiger partial charge in [-0.2, -0.15) is 0 Å². The van der Waals surface area contributed by atoms with Gasteiger partial charge in [-0.15, -0.1) is 4.41 Å². The summed E-state index contributed by atoms with van der Waals surface area (Å²) in [5.41, 5.74) is 4.28. The number of benzene rings is 3. The molecule has 3 aromatic rings. The van der Waals surface area contributed by atoms with Crippen molar-refractivity contribution in [2.24, 2.45) is 0 Å². The van der Waals surface area contributed by atoms with Crippen molar-refractivity contribution >= 4 is 33.7 Å². The molecule has 194 valence electrons. The lowest BCUT2D eigenvalue weighted by molar-refractivity contribution is -0.147. The highest BCUT2D eigenvalue weighted by Gasteiger charge is 2.35. The summed E-state index contributed by atoms with van der Waals surface area (Å²) < 4.78 is 22.9. The van der Waals surface area contributed by atoms with Crippen LogP contribution in [0.2, 0.25) is 0 Å². The number of anilines is 1. The van der Waals surface area contributed by atoms with Gasteiger partial charge in [0.25, 0.3) is 0 Å². The van der Waals surface area contributed by atoms with Crippen LogP contribution in [0.5, 0.6) is 0 Å². The van der Waals surface area contributed by atoms with Gasteiger partial charge in [0.15, 0.2) is 0 Å². The number of carboxylic acid groups (broad SMARTS) is 1. The normalized spacial score (nSPS) is 15.8. The average Bonchev–Trinajstić information content (AvgIpc) is 2.91. The predicted molar refractivity (Wildman–Crippen MR) is 148 cm³/mol. The van der Waals surface area contributed by atoms with Gasteiger partial charge >= 0.3 is 5.97 Å². The number of hydrogen-bond acceptors (Lipinski definition) is 4. The number of hydrazine groups is 1. The first kappa shape index (κ1) is 26.8. The Kier molecular flexibility index (Phi) is 8.95. The summed E-state index contributed by atoms with van der Waals surface area (Å²) in [6, 6.07) is 19.8. The Bertz CT molecular complexity index is 1320. The van der Waals surface area contributed by atoms with Gasteiger partial charge in [-0.1, -0.05) is 56.4 Å². The van der Waals surface area contributed by atoms with Gasteiger partial charge in [-0.3, -0.25) is 9.35 Å². The minimum atomic E-state index is -2.40. The van der Waals surface area contributed by atoms with Gasteiger partial charge < -0.3 is 10.0 Å². The maximum Gasteiger partial charge on any atom is 0.323 e. The zero-order valence-corrected chi connectivity index (χ0v) is 22.1. The first-order valence-electron chi connectivity index (χ1n) is 12.7. The number of aliphatic carboxylic acids is 1. The maximum absolute atomic E-state index is 12.0. The second-order valence-corrected chi connectivity index (χ2v) is 9.96. The van der Waals surface area contributed by atoms with E-state index in [1.165, 1.54) is 16.3 Å². The van der Waals surface area contributed by atoms with Crippen LogP contribution >= 0.6 is 0 Å². The fraction of sp³-hybridized carbons (Fsp3) is 0.345. The van der Waals surface area contributed by atoms with Crippen LogP contribution in [-0.4, -0.2) is 61.5 Å². The van der Waals surface area contributed by atoms with E-state index in [2.05, 4.69) is 60.1 Å². The number of nitrogens with zero attached hydrogens (tertiary/aromatic N) is 3. The largest absolute Gasteiger partial charge is 0.480 e. The maximum atomic E-state index is 12.0. The molecule has 2 unspecified atom stereocenters. The standard InChI is InChI=1S/C29H33N3O4S/c1-3-6-28(29(33)34)32(37(35)36)31-19-17-30(18-20-31)26-15-12-22(13-16-26)9-10-23-11-14-25-8-5-7-24(4-2)27(25)21-23/h5,7-8,11-16,21,28H,3-4,6,17-20H2,1-2H3,(H,33,34)(H,35,36). The Hall–Kier alpha value is -3.22. The molecule has 0 aromatic heterocycles. The lowest BCUT2D eigenvalue weighted by Gasteiger charge is -2.41. The van der Waals surface area contributed by atoms with E-state index in [0.717, 1.165) is 27.6 Å². The fourth-order valence-corrected chi connectivity index (χ4v) is 5.56.